The Balaban J connectivity index is 1.11. The van der Waals surface area contributed by atoms with Gasteiger partial charge in [-0.3, -0.25) is 4.79 Å². The van der Waals surface area contributed by atoms with Gasteiger partial charge in [0.25, 0.3) is 0 Å². The zero-order valence-corrected chi connectivity index (χ0v) is 24.2. The molecule has 41 heavy (non-hydrogen) atoms. The number of nitrogens with zero attached hydrogens (tertiary/aromatic N) is 3. The summed E-state index contributed by atoms with van der Waals surface area (Å²) in [6, 6.07) is 21.0. The summed E-state index contributed by atoms with van der Waals surface area (Å²) in [6.45, 7) is 8.86. The summed E-state index contributed by atoms with van der Waals surface area (Å²) in [5, 5.41) is 7.30. The summed E-state index contributed by atoms with van der Waals surface area (Å²) in [7, 11) is 2.18. The maximum atomic E-state index is 12.1. The maximum Gasteiger partial charge on any atom is 0.138 e. The Morgan fingerprint density at radius 1 is 1.02 bits per heavy atom. The Hall–Kier alpha value is -4.04. The second-order valence-electron chi connectivity index (χ2n) is 11.4. The third-order valence-electron chi connectivity index (χ3n) is 8.42. The van der Waals surface area contributed by atoms with Crippen LogP contribution in [0.4, 0.5) is 17.1 Å². The summed E-state index contributed by atoms with van der Waals surface area (Å²) in [6.07, 6.45) is 2.17. The van der Waals surface area contributed by atoms with Crippen LogP contribution in [0, 0.1) is 5.92 Å². The number of imidazole rings is 1. The van der Waals surface area contributed by atoms with E-state index in [0.717, 1.165) is 84.1 Å². The molecule has 0 aliphatic carbocycles. The fraction of sp³-hybridized carbons (Fsp3) is 0.394. The lowest BCUT2D eigenvalue weighted by Crippen LogP contribution is -2.44. The van der Waals surface area contributed by atoms with E-state index in [1.165, 1.54) is 5.69 Å². The number of Topliss-reactive ketones (excluding diaryl/α,β-unsaturated/α-hetero) is 1. The van der Waals surface area contributed by atoms with Gasteiger partial charge in [-0.15, -0.1) is 0 Å². The first kappa shape index (κ1) is 27.1. The van der Waals surface area contributed by atoms with Crippen LogP contribution in [0.25, 0.3) is 22.4 Å². The first-order valence-corrected chi connectivity index (χ1v) is 14.8. The standard InChI is InChI=1S/C33H40N6O2/c1-4-22(2)31(40)9-6-18-41-26-8-5-7-23(19-26)32-34-27-12-10-24(20-29(27)36-32)33-35-28-13-11-25(21-30(28)37-33)39-16-14-38(3)15-17-39/h5,7-8,10-13,19-22,33,35,37H,4,6,9,14-18H2,1-3H3,(H,34,36). The number of carbonyl (C=O) groups excluding carboxylic acids is 1. The van der Waals surface area contributed by atoms with Gasteiger partial charge in [0.2, 0.25) is 0 Å². The minimum absolute atomic E-state index is 0.00666. The summed E-state index contributed by atoms with van der Waals surface area (Å²) in [5.74, 6) is 2.03. The van der Waals surface area contributed by atoms with Crippen LogP contribution in [0.5, 0.6) is 5.75 Å². The molecule has 0 spiro atoms. The zero-order valence-electron chi connectivity index (χ0n) is 24.2. The van der Waals surface area contributed by atoms with Crippen molar-refractivity contribution in [3.05, 3.63) is 66.2 Å². The Morgan fingerprint density at radius 3 is 2.68 bits per heavy atom. The topological polar surface area (TPSA) is 85.5 Å². The molecule has 8 nitrogen and oxygen atoms in total. The molecule has 2 unspecified atom stereocenters. The number of fused-ring (bicyclic) bond motifs is 2. The van der Waals surface area contributed by atoms with Crippen LogP contribution in [0.2, 0.25) is 0 Å². The Kier molecular flexibility index (Phi) is 7.83. The second-order valence-corrected chi connectivity index (χ2v) is 11.4. The smallest absolute Gasteiger partial charge is 0.138 e. The number of carbonyl (C=O) groups is 1. The molecule has 3 N–H and O–H groups in total. The zero-order chi connectivity index (χ0) is 28.3. The van der Waals surface area contributed by atoms with Gasteiger partial charge in [0, 0.05) is 49.8 Å². The first-order valence-electron chi connectivity index (χ1n) is 14.8. The van der Waals surface area contributed by atoms with Crippen molar-refractivity contribution in [1.82, 2.24) is 14.9 Å². The molecule has 2 aliphatic rings. The van der Waals surface area contributed by atoms with Crippen molar-refractivity contribution < 1.29 is 9.53 Å². The van der Waals surface area contributed by atoms with E-state index in [0.29, 0.717) is 18.8 Å². The largest absolute Gasteiger partial charge is 0.494 e. The van der Waals surface area contributed by atoms with E-state index < -0.39 is 0 Å². The van der Waals surface area contributed by atoms with E-state index in [2.05, 4.69) is 75.8 Å². The third-order valence-corrected chi connectivity index (χ3v) is 8.42. The number of anilines is 3. The lowest BCUT2D eigenvalue weighted by molar-refractivity contribution is -0.122. The lowest BCUT2D eigenvalue weighted by Gasteiger charge is -2.34. The molecule has 1 fully saturated rings. The number of H-pyrrole nitrogens is 1. The summed E-state index contributed by atoms with van der Waals surface area (Å²) >= 11 is 0. The van der Waals surface area contributed by atoms with Crippen molar-refractivity contribution in [1.29, 1.82) is 0 Å². The highest BCUT2D eigenvalue weighted by molar-refractivity contribution is 5.83. The number of hydrogen-bond donors (Lipinski definition) is 3. The number of likely N-dealkylation sites (N-methyl/N-ethyl adjacent to an activating group) is 1. The van der Waals surface area contributed by atoms with Gasteiger partial charge in [-0.1, -0.05) is 32.0 Å². The number of piperazine rings is 1. The predicted octanol–water partition coefficient (Wildman–Crippen LogP) is 6.29. The Labute approximate surface area is 242 Å². The Morgan fingerprint density at radius 2 is 1.85 bits per heavy atom. The van der Waals surface area contributed by atoms with Crippen molar-refractivity contribution in [2.45, 2.75) is 39.3 Å². The van der Waals surface area contributed by atoms with E-state index in [9.17, 15) is 4.79 Å². The predicted molar refractivity (Wildman–Crippen MR) is 167 cm³/mol. The van der Waals surface area contributed by atoms with Gasteiger partial charge in [-0.05, 0) is 67.9 Å². The fourth-order valence-electron chi connectivity index (χ4n) is 5.54. The highest BCUT2D eigenvalue weighted by Gasteiger charge is 2.23. The molecule has 214 valence electrons. The number of rotatable bonds is 10. The molecular weight excluding hydrogens is 512 g/mol. The van der Waals surface area contributed by atoms with Gasteiger partial charge in [-0.2, -0.15) is 0 Å². The number of benzene rings is 3. The molecule has 1 aromatic heterocycles. The van der Waals surface area contributed by atoms with Gasteiger partial charge in [-0.25, -0.2) is 4.98 Å². The molecule has 2 atom stereocenters. The van der Waals surface area contributed by atoms with Gasteiger partial charge < -0.3 is 30.2 Å². The molecule has 4 aromatic rings. The number of aromatic nitrogens is 2. The quantitative estimate of drug-likeness (QED) is 0.199. The van der Waals surface area contributed by atoms with Crippen LogP contribution in [0.15, 0.2) is 60.7 Å². The van der Waals surface area contributed by atoms with Crippen molar-refractivity contribution in [2.75, 3.05) is 55.4 Å². The van der Waals surface area contributed by atoms with E-state index in [4.69, 9.17) is 9.72 Å². The van der Waals surface area contributed by atoms with Crippen LogP contribution < -0.4 is 20.3 Å². The van der Waals surface area contributed by atoms with E-state index in [1.54, 1.807) is 0 Å². The normalized spacial score (nSPS) is 17.6. The molecule has 3 aromatic carbocycles. The molecule has 8 heteroatoms. The first-order chi connectivity index (χ1) is 20.0. The van der Waals surface area contributed by atoms with Crippen LogP contribution in [-0.2, 0) is 4.79 Å². The van der Waals surface area contributed by atoms with Crippen molar-refractivity contribution in [2.24, 2.45) is 5.92 Å². The van der Waals surface area contributed by atoms with Crippen LogP contribution >= 0.6 is 0 Å². The fourth-order valence-corrected chi connectivity index (χ4v) is 5.54. The van der Waals surface area contributed by atoms with E-state index in [-0.39, 0.29) is 12.1 Å². The molecule has 2 aliphatic heterocycles. The molecular formula is C33H40N6O2. The van der Waals surface area contributed by atoms with E-state index in [1.807, 2.05) is 31.2 Å². The van der Waals surface area contributed by atoms with Crippen molar-refractivity contribution in [3.63, 3.8) is 0 Å². The van der Waals surface area contributed by atoms with Crippen LogP contribution in [0.1, 0.15) is 44.8 Å². The van der Waals surface area contributed by atoms with Gasteiger partial charge >= 0.3 is 0 Å². The summed E-state index contributed by atoms with van der Waals surface area (Å²) < 4.78 is 5.96. The monoisotopic (exact) mass is 552 g/mol. The molecule has 3 heterocycles. The average molecular weight is 553 g/mol. The minimum atomic E-state index is -0.00666. The van der Waals surface area contributed by atoms with Gasteiger partial charge in [0.05, 0.1) is 29.0 Å². The SMILES string of the molecule is CCC(C)C(=O)CCCOc1cccc(-c2nc3ccc(C4Nc5ccc(N6CCN(C)CC6)cc5N4)cc3[nH]2)c1. The average Bonchev–Trinajstić information content (AvgIpc) is 3.63. The second kappa shape index (κ2) is 11.8. The molecule has 0 bridgehead atoms. The highest BCUT2D eigenvalue weighted by Crippen LogP contribution is 2.38. The number of aromatic amines is 1. The molecule has 0 radical (unpaired) electrons. The van der Waals surface area contributed by atoms with Gasteiger partial charge in [0.1, 0.15) is 23.5 Å². The van der Waals surface area contributed by atoms with Gasteiger partial charge in [0.15, 0.2) is 0 Å². The third kappa shape index (κ3) is 6.03. The Bertz CT molecular complexity index is 1520. The lowest BCUT2D eigenvalue weighted by atomic mass is 10.0. The maximum absolute atomic E-state index is 12.1. The minimum Gasteiger partial charge on any atom is -0.494 e. The highest BCUT2D eigenvalue weighted by atomic mass is 16.5. The molecule has 6 rings (SSSR count). The van der Waals surface area contributed by atoms with E-state index >= 15 is 0 Å². The number of hydrogen-bond acceptors (Lipinski definition) is 7. The van der Waals surface area contributed by atoms with Crippen molar-refractivity contribution in [3.8, 4) is 17.1 Å². The number of nitrogens with one attached hydrogen (secondary N) is 3. The molecule has 0 saturated carbocycles. The number of ether oxygens (including phenoxy) is 1. The summed E-state index contributed by atoms with van der Waals surface area (Å²) in [4.78, 5) is 25.3. The summed E-state index contributed by atoms with van der Waals surface area (Å²) in [5.41, 5.74) is 7.56. The van der Waals surface area contributed by atoms with Crippen molar-refractivity contribution >= 4 is 33.9 Å². The number of ketones is 1. The van der Waals surface area contributed by atoms with Crippen LogP contribution in [-0.4, -0.2) is 60.5 Å². The molecule has 0 amide bonds. The molecule has 1 saturated heterocycles. The van der Waals surface area contributed by atoms with Crippen LogP contribution in [0.3, 0.4) is 0 Å².